The van der Waals surface area contributed by atoms with Crippen LogP contribution >= 0.6 is 0 Å². The first-order chi connectivity index (χ1) is 9.29. The monoisotopic (exact) mass is 272 g/mol. The second-order valence-electron chi connectivity index (χ2n) is 6.65. The van der Waals surface area contributed by atoms with Crippen molar-refractivity contribution in [3.63, 3.8) is 0 Å². The van der Waals surface area contributed by atoms with Crippen LogP contribution in [0.1, 0.15) is 38.4 Å². The van der Waals surface area contributed by atoms with E-state index in [-0.39, 0.29) is 11.3 Å². The second-order valence-corrected chi connectivity index (χ2v) is 6.65. The number of aromatic nitrogens is 1. The molecule has 1 aromatic carbocycles. The SMILES string of the molecule is Cc1c(CNC(=O)CC(C)(C)C)c2ccccc2n1C. The lowest BCUT2D eigenvalue weighted by molar-refractivity contribution is -0.122. The van der Waals surface area contributed by atoms with E-state index in [1.54, 1.807) is 0 Å². The summed E-state index contributed by atoms with van der Waals surface area (Å²) in [7, 11) is 2.07. The van der Waals surface area contributed by atoms with Crippen LogP contribution in [-0.2, 0) is 18.4 Å². The highest BCUT2D eigenvalue weighted by molar-refractivity contribution is 5.86. The van der Waals surface area contributed by atoms with Crippen LogP contribution in [0.15, 0.2) is 24.3 Å². The molecule has 0 spiro atoms. The Morgan fingerprint density at radius 3 is 2.55 bits per heavy atom. The second kappa shape index (κ2) is 5.31. The zero-order valence-corrected chi connectivity index (χ0v) is 13.1. The van der Waals surface area contributed by atoms with Gasteiger partial charge in [-0.15, -0.1) is 0 Å². The van der Waals surface area contributed by atoms with Gasteiger partial charge in [0.15, 0.2) is 0 Å². The fourth-order valence-corrected chi connectivity index (χ4v) is 2.55. The molecule has 0 aliphatic rings. The molecular weight excluding hydrogens is 248 g/mol. The van der Waals surface area contributed by atoms with E-state index in [1.807, 2.05) is 12.1 Å². The average Bonchev–Trinajstić information content (AvgIpc) is 2.59. The van der Waals surface area contributed by atoms with E-state index in [2.05, 4.69) is 56.8 Å². The Morgan fingerprint density at radius 1 is 1.25 bits per heavy atom. The fourth-order valence-electron chi connectivity index (χ4n) is 2.55. The number of carbonyl (C=O) groups is 1. The molecule has 0 saturated carbocycles. The summed E-state index contributed by atoms with van der Waals surface area (Å²) < 4.78 is 2.18. The van der Waals surface area contributed by atoms with Crippen molar-refractivity contribution in [2.45, 2.75) is 40.7 Å². The molecule has 0 aliphatic heterocycles. The van der Waals surface area contributed by atoms with E-state index in [0.29, 0.717) is 13.0 Å². The quantitative estimate of drug-likeness (QED) is 0.911. The highest BCUT2D eigenvalue weighted by atomic mass is 16.1. The third kappa shape index (κ3) is 3.03. The number of amides is 1. The van der Waals surface area contributed by atoms with E-state index < -0.39 is 0 Å². The first kappa shape index (κ1) is 14.6. The van der Waals surface area contributed by atoms with Crippen LogP contribution in [0, 0.1) is 12.3 Å². The predicted molar refractivity (Wildman–Crippen MR) is 83.6 cm³/mol. The van der Waals surface area contributed by atoms with Gasteiger partial charge in [0, 0.05) is 36.6 Å². The molecule has 1 amide bonds. The van der Waals surface area contributed by atoms with Gasteiger partial charge < -0.3 is 9.88 Å². The molecule has 0 atom stereocenters. The van der Waals surface area contributed by atoms with Gasteiger partial charge in [0.25, 0.3) is 0 Å². The molecule has 0 saturated heterocycles. The van der Waals surface area contributed by atoms with Crippen molar-refractivity contribution in [2.75, 3.05) is 0 Å². The molecule has 1 N–H and O–H groups in total. The van der Waals surface area contributed by atoms with Crippen LogP contribution < -0.4 is 5.32 Å². The molecule has 3 nitrogen and oxygen atoms in total. The minimum Gasteiger partial charge on any atom is -0.352 e. The van der Waals surface area contributed by atoms with Crippen molar-refractivity contribution in [2.24, 2.45) is 12.5 Å². The Bertz CT molecular complexity index is 632. The molecule has 0 unspecified atom stereocenters. The standard InChI is InChI=1S/C17H24N2O/c1-12-14(11-18-16(20)10-17(2,3)4)13-8-6-7-9-15(13)19(12)5/h6-9H,10-11H2,1-5H3,(H,18,20). The molecule has 20 heavy (non-hydrogen) atoms. The van der Waals surface area contributed by atoms with Gasteiger partial charge in [0.2, 0.25) is 5.91 Å². The summed E-state index contributed by atoms with van der Waals surface area (Å²) in [5, 5.41) is 4.28. The van der Waals surface area contributed by atoms with Gasteiger partial charge in [-0.25, -0.2) is 0 Å². The largest absolute Gasteiger partial charge is 0.352 e. The van der Waals surface area contributed by atoms with Gasteiger partial charge in [-0.1, -0.05) is 39.0 Å². The molecule has 0 aliphatic carbocycles. The summed E-state index contributed by atoms with van der Waals surface area (Å²) in [5.41, 5.74) is 3.66. The Balaban J connectivity index is 2.18. The molecule has 1 aromatic heterocycles. The zero-order valence-electron chi connectivity index (χ0n) is 13.1. The van der Waals surface area contributed by atoms with Crippen LogP contribution in [0.25, 0.3) is 10.9 Å². The van der Waals surface area contributed by atoms with E-state index >= 15 is 0 Å². The molecule has 2 aromatic rings. The van der Waals surface area contributed by atoms with Crippen molar-refractivity contribution in [3.05, 3.63) is 35.5 Å². The van der Waals surface area contributed by atoms with Crippen molar-refractivity contribution in [1.29, 1.82) is 0 Å². The summed E-state index contributed by atoms with van der Waals surface area (Å²) in [4.78, 5) is 12.0. The average molecular weight is 272 g/mol. The maximum atomic E-state index is 12.0. The van der Waals surface area contributed by atoms with Gasteiger partial charge in [-0.3, -0.25) is 4.79 Å². The van der Waals surface area contributed by atoms with E-state index in [4.69, 9.17) is 0 Å². The summed E-state index contributed by atoms with van der Waals surface area (Å²) in [6, 6.07) is 8.32. The third-order valence-corrected chi connectivity index (χ3v) is 3.68. The minimum atomic E-state index is 0.0257. The molecular formula is C17H24N2O. The first-order valence-electron chi connectivity index (χ1n) is 7.09. The van der Waals surface area contributed by atoms with Crippen molar-refractivity contribution < 1.29 is 4.79 Å². The number of benzene rings is 1. The number of rotatable bonds is 3. The Kier molecular flexibility index (Phi) is 3.89. The number of aryl methyl sites for hydroxylation is 1. The van der Waals surface area contributed by atoms with Gasteiger partial charge in [0.1, 0.15) is 0 Å². The number of fused-ring (bicyclic) bond motifs is 1. The van der Waals surface area contributed by atoms with Crippen LogP contribution in [0.3, 0.4) is 0 Å². The van der Waals surface area contributed by atoms with Gasteiger partial charge in [-0.2, -0.15) is 0 Å². The van der Waals surface area contributed by atoms with Crippen LogP contribution in [-0.4, -0.2) is 10.5 Å². The Hall–Kier alpha value is -1.77. The minimum absolute atomic E-state index is 0.0257. The van der Waals surface area contributed by atoms with E-state index in [9.17, 15) is 4.79 Å². The number of para-hydroxylation sites is 1. The molecule has 3 heteroatoms. The van der Waals surface area contributed by atoms with Crippen molar-refractivity contribution in [1.82, 2.24) is 9.88 Å². The van der Waals surface area contributed by atoms with Crippen molar-refractivity contribution in [3.8, 4) is 0 Å². The lowest BCUT2D eigenvalue weighted by atomic mass is 9.92. The number of nitrogens with zero attached hydrogens (tertiary/aromatic N) is 1. The van der Waals surface area contributed by atoms with Crippen molar-refractivity contribution >= 4 is 16.8 Å². The maximum Gasteiger partial charge on any atom is 0.220 e. The lowest BCUT2D eigenvalue weighted by Gasteiger charge is -2.17. The third-order valence-electron chi connectivity index (χ3n) is 3.68. The predicted octanol–water partition coefficient (Wildman–Crippen LogP) is 3.54. The van der Waals surface area contributed by atoms with Gasteiger partial charge in [-0.05, 0) is 24.0 Å². The number of hydrogen-bond donors (Lipinski definition) is 1. The summed E-state index contributed by atoms with van der Waals surface area (Å²) in [6.07, 6.45) is 0.552. The first-order valence-corrected chi connectivity index (χ1v) is 7.09. The van der Waals surface area contributed by atoms with Gasteiger partial charge in [0.05, 0.1) is 0 Å². The maximum absolute atomic E-state index is 12.0. The molecule has 0 fully saturated rings. The summed E-state index contributed by atoms with van der Waals surface area (Å²) in [6.45, 7) is 8.94. The van der Waals surface area contributed by atoms with E-state index in [1.165, 1.54) is 22.2 Å². The van der Waals surface area contributed by atoms with Crippen LogP contribution in [0.5, 0.6) is 0 Å². The van der Waals surface area contributed by atoms with Crippen LogP contribution in [0.2, 0.25) is 0 Å². The number of nitrogens with one attached hydrogen (secondary N) is 1. The highest BCUT2D eigenvalue weighted by Crippen LogP contribution is 2.25. The lowest BCUT2D eigenvalue weighted by Crippen LogP contribution is -2.27. The highest BCUT2D eigenvalue weighted by Gasteiger charge is 2.17. The number of hydrogen-bond acceptors (Lipinski definition) is 1. The van der Waals surface area contributed by atoms with Gasteiger partial charge >= 0.3 is 0 Å². The smallest absolute Gasteiger partial charge is 0.220 e. The van der Waals surface area contributed by atoms with E-state index in [0.717, 1.165) is 0 Å². The molecule has 108 valence electrons. The normalized spacial score (nSPS) is 11.8. The molecule has 0 bridgehead atoms. The molecule has 2 rings (SSSR count). The fraction of sp³-hybridized carbons (Fsp3) is 0.471. The molecule has 0 radical (unpaired) electrons. The molecule has 1 heterocycles. The van der Waals surface area contributed by atoms with Crippen LogP contribution in [0.4, 0.5) is 0 Å². The Morgan fingerprint density at radius 2 is 1.90 bits per heavy atom. The number of carbonyl (C=O) groups excluding carboxylic acids is 1. The zero-order chi connectivity index (χ0) is 14.9. The topological polar surface area (TPSA) is 34.0 Å². The summed E-state index contributed by atoms with van der Waals surface area (Å²) >= 11 is 0. The summed E-state index contributed by atoms with van der Waals surface area (Å²) in [5.74, 6) is 0.116. The Labute approximate surface area is 121 Å².